The number of carbonyl (C=O) groups is 1. The van der Waals surface area contributed by atoms with E-state index in [1.54, 1.807) is 31.4 Å². The van der Waals surface area contributed by atoms with E-state index in [1.165, 1.54) is 0 Å². The fourth-order valence-corrected chi connectivity index (χ4v) is 3.69. The first-order valence-electron chi connectivity index (χ1n) is 9.75. The molecule has 2 atom stereocenters. The van der Waals surface area contributed by atoms with Crippen LogP contribution in [0.2, 0.25) is 5.02 Å². The lowest BCUT2D eigenvalue weighted by atomic mass is 9.95. The van der Waals surface area contributed by atoms with Crippen molar-refractivity contribution in [2.24, 2.45) is 0 Å². The summed E-state index contributed by atoms with van der Waals surface area (Å²) in [5.74, 6) is 1.36. The van der Waals surface area contributed by atoms with Gasteiger partial charge in [0.1, 0.15) is 17.5 Å². The Hall–Kier alpha value is -3.18. The average molecular weight is 423 g/mol. The van der Waals surface area contributed by atoms with Gasteiger partial charge in [0.25, 0.3) is 5.91 Å². The van der Waals surface area contributed by atoms with E-state index in [0.717, 1.165) is 22.7 Å². The van der Waals surface area contributed by atoms with Crippen molar-refractivity contribution in [2.75, 3.05) is 23.9 Å². The molecule has 5 nitrogen and oxygen atoms in total. The van der Waals surface area contributed by atoms with Crippen molar-refractivity contribution in [3.8, 4) is 11.5 Å². The molecular weight excluding hydrogens is 400 g/mol. The van der Waals surface area contributed by atoms with E-state index >= 15 is 0 Å². The van der Waals surface area contributed by atoms with E-state index in [9.17, 15) is 4.79 Å². The van der Waals surface area contributed by atoms with E-state index in [1.807, 2.05) is 60.4 Å². The van der Waals surface area contributed by atoms with Gasteiger partial charge in [-0.1, -0.05) is 29.8 Å². The van der Waals surface area contributed by atoms with E-state index in [0.29, 0.717) is 17.3 Å². The maximum Gasteiger partial charge on any atom is 0.270 e. The quantitative estimate of drug-likeness (QED) is 0.548. The molecule has 4 rings (SSSR count). The maximum absolute atomic E-state index is 13.0. The Balaban J connectivity index is 1.54. The fraction of sp³-hybridized carbons (Fsp3) is 0.208. The number of ether oxygens (including phenoxy) is 2. The number of nitrogens with one attached hydrogen (secondary N) is 1. The Bertz CT molecular complexity index is 1020. The number of amides is 1. The number of hydrogen-bond donors (Lipinski definition) is 1. The van der Waals surface area contributed by atoms with E-state index in [4.69, 9.17) is 21.1 Å². The van der Waals surface area contributed by atoms with Crippen molar-refractivity contribution in [1.29, 1.82) is 0 Å². The minimum absolute atomic E-state index is 0.0548. The first-order chi connectivity index (χ1) is 14.6. The van der Waals surface area contributed by atoms with Gasteiger partial charge in [0.15, 0.2) is 6.10 Å². The van der Waals surface area contributed by atoms with Crippen LogP contribution < -0.4 is 19.7 Å². The summed E-state index contributed by atoms with van der Waals surface area (Å²) in [5, 5.41) is 4.04. The standard InChI is InChI=1S/C24H23ClN2O3/c1-16-5-3-4-6-21(16)27-22(15-26-18-9-13-19(29-2)14-10-18)23(24(27)28)30-20-11-7-17(25)8-12-20/h3-14,22-23,26H,15H2,1-2H3/t22-,23+/m0/s1. The molecule has 1 aliphatic heterocycles. The number of β-lactam (4-membered cyclic amide) rings is 1. The van der Waals surface area contributed by atoms with E-state index in [2.05, 4.69) is 5.32 Å². The van der Waals surface area contributed by atoms with Crippen molar-refractivity contribution >= 4 is 28.9 Å². The molecule has 1 aliphatic rings. The number of anilines is 2. The summed E-state index contributed by atoms with van der Waals surface area (Å²) >= 11 is 5.96. The SMILES string of the molecule is COc1ccc(NC[C@H]2[C@@H](Oc3ccc(Cl)cc3)C(=O)N2c2ccccc2C)cc1. The molecule has 0 unspecified atom stereocenters. The zero-order valence-corrected chi connectivity index (χ0v) is 17.6. The van der Waals surface area contributed by atoms with Crippen LogP contribution in [0.1, 0.15) is 5.56 Å². The number of halogens is 1. The molecule has 0 spiro atoms. The third-order valence-electron chi connectivity index (χ3n) is 5.22. The molecule has 3 aromatic carbocycles. The van der Waals surface area contributed by atoms with Crippen molar-refractivity contribution in [2.45, 2.75) is 19.1 Å². The van der Waals surface area contributed by atoms with Crippen molar-refractivity contribution < 1.29 is 14.3 Å². The monoisotopic (exact) mass is 422 g/mol. The highest BCUT2D eigenvalue weighted by Crippen LogP contribution is 2.34. The highest BCUT2D eigenvalue weighted by atomic mass is 35.5. The van der Waals surface area contributed by atoms with Crippen LogP contribution in [0.25, 0.3) is 0 Å². The Kier molecular flexibility index (Phi) is 5.81. The zero-order valence-electron chi connectivity index (χ0n) is 16.8. The smallest absolute Gasteiger partial charge is 0.270 e. The number of para-hydroxylation sites is 1. The summed E-state index contributed by atoms with van der Waals surface area (Å²) in [7, 11) is 1.64. The number of benzene rings is 3. The summed E-state index contributed by atoms with van der Waals surface area (Å²) in [6.45, 7) is 2.55. The lowest BCUT2D eigenvalue weighted by Crippen LogP contribution is -2.69. The van der Waals surface area contributed by atoms with Gasteiger partial charge < -0.3 is 14.8 Å². The number of hydrogen-bond acceptors (Lipinski definition) is 4. The number of nitrogens with zero attached hydrogens (tertiary/aromatic N) is 1. The van der Waals surface area contributed by atoms with Crippen LogP contribution in [-0.2, 0) is 4.79 Å². The van der Waals surface area contributed by atoms with Crippen LogP contribution in [0.15, 0.2) is 72.8 Å². The lowest BCUT2D eigenvalue weighted by Gasteiger charge is -2.47. The predicted octanol–water partition coefficient (Wildman–Crippen LogP) is 4.93. The second-order valence-corrected chi connectivity index (χ2v) is 7.60. The van der Waals surface area contributed by atoms with Crippen LogP contribution in [0.5, 0.6) is 11.5 Å². The van der Waals surface area contributed by atoms with Gasteiger partial charge in [-0.15, -0.1) is 0 Å². The van der Waals surface area contributed by atoms with Gasteiger partial charge in [0, 0.05) is 22.9 Å². The maximum atomic E-state index is 13.0. The molecule has 1 amide bonds. The summed E-state index contributed by atoms with van der Waals surface area (Å²) in [4.78, 5) is 14.8. The van der Waals surface area contributed by atoms with Crippen molar-refractivity contribution in [3.63, 3.8) is 0 Å². The molecule has 1 saturated heterocycles. The Morgan fingerprint density at radius 1 is 0.967 bits per heavy atom. The molecule has 154 valence electrons. The summed E-state index contributed by atoms with van der Waals surface area (Å²) in [6.07, 6.45) is -0.573. The van der Waals surface area contributed by atoms with Gasteiger partial charge in [-0.2, -0.15) is 0 Å². The third-order valence-corrected chi connectivity index (χ3v) is 5.47. The molecular formula is C24H23ClN2O3. The first-order valence-corrected chi connectivity index (χ1v) is 10.1. The summed E-state index contributed by atoms with van der Waals surface area (Å²) < 4.78 is 11.2. The van der Waals surface area contributed by atoms with Gasteiger partial charge in [0.05, 0.1) is 7.11 Å². The molecule has 0 saturated carbocycles. The number of carbonyl (C=O) groups excluding carboxylic acids is 1. The molecule has 0 radical (unpaired) electrons. The largest absolute Gasteiger partial charge is 0.497 e. The number of rotatable bonds is 7. The Morgan fingerprint density at radius 2 is 1.63 bits per heavy atom. The molecule has 30 heavy (non-hydrogen) atoms. The molecule has 1 N–H and O–H groups in total. The third kappa shape index (κ3) is 4.07. The molecule has 1 heterocycles. The highest BCUT2D eigenvalue weighted by Gasteiger charge is 2.50. The Labute approximate surface area is 181 Å². The summed E-state index contributed by atoms with van der Waals surface area (Å²) in [5.41, 5.74) is 2.90. The van der Waals surface area contributed by atoms with Crippen LogP contribution in [0.4, 0.5) is 11.4 Å². The fourth-order valence-electron chi connectivity index (χ4n) is 3.57. The number of aryl methyl sites for hydroxylation is 1. The van der Waals surface area contributed by atoms with Gasteiger partial charge in [-0.25, -0.2) is 0 Å². The number of methoxy groups -OCH3 is 1. The van der Waals surface area contributed by atoms with Crippen LogP contribution in [-0.4, -0.2) is 31.7 Å². The van der Waals surface area contributed by atoms with E-state index < -0.39 is 6.10 Å². The van der Waals surface area contributed by atoms with E-state index in [-0.39, 0.29) is 11.9 Å². The minimum Gasteiger partial charge on any atom is -0.497 e. The topological polar surface area (TPSA) is 50.8 Å². The zero-order chi connectivity index (χ0) is 21.1. The molecule has 6 heteroatoms. The second kappa shape index (κ2) is 8.67. The molecule has 0 aromatic heterocycles. The van der Waals surface area contributed by atoms with Gasteiger partial charge in [-0.3, -0.25) is 9.69 Å². The van der Waals surface area contributed by atoms with Gasteiger partial charge >= 0.3 is 0 Å². The minimum atomic E-state index is -0.573. The molecule has 1 fully saturated rings. The summed E-state index contributed by atoms with van der Waals surface area (Å²) in [6, 6.07) is 22.5. The van der Waals surface area contributed by atoms with Gasteiger partial charge in [0.2, 0.25) is 0 Å². The average Bonchev–Trinajstić information content (AvgIpc) is 2.77. The Morgan fingerprint density at radius 3 is 2.30 bits per heavy atom. The highest BCUT2D eigenvalue weighted by molar-refractivity contribution is 6.30. The lowest BCUT2D eigenvalue weighted by molar-refractivity contribution is -0.134. The molecule has 3 aromatic rings. The van der Waals surface area contributed by atoms with Crippen LogP contribution in [0, 0.1) is 6.92 Å². The second-order valence-electron chi connectivity index (χ2n) is 7.16. The van der Waals surface area contributed by atoms with Crippen LogP contribution in [0.3, 0.4) is 0 Å². The molecule has 0 bridgehead atoms. The van der Waals surface area contributed by atoms with Crippen molar-refractivity contribution in [3.05, 3.63) is 83.4 Å². The molecule has 0 aliphatic carbocycles. The van der Waals surface area contributed by atoms with Crippen molar-refractivity contribution in [1.82, 2.24) is 0 Å². The first kappa shape index (κ1) is 20.1. The normalized spacial score (nSPS) is 18.0. The predicted molar refractivity (Wildman–Crippen MR) is 120 cm³/mol. The van der Waals surface area contributed by atoms with Gasteiger partial charge in [-0.05, 0) is 67.1 Å². The van der Waals surface area contributed by atoms with Crippen LogP contribution >= 0.6 is 11.6 Å².